The number of nitrogens with two attached hydrogens (primary N) is 1. The van der Waals surface area contributed by atoms with Gasteiger partial charge in [0, 0.05) is 24.9 Å². The largest absolute Gasteiger partial charge is 0.481 e. The third-order valence-corrected chi connectivity index (χ3v) is 6.06. The standard InChI is InChI=1S/C24H30N6O7/c25-16(9-14-5-2-1-3-6-14)21(33)28-17(11-20(31)32)23(35)30-8-4-7-19(30)22(34)29-18(24(36)37)10-15-12-26-13-27-15/h1-3,5-6,12-13,16-19H,4,7-11,25H2,(H,26,27)(H,28,33)(H,29,34)(H,31,32)(H,36,37). The fraction of sp³-hybridized carbons (Fsp3) is 0.417. The molecular weight excluding hydrogens is 484 g/mol. The minimum Gasteiger partial charge on any atom is -0.481 e. The van der Waals surface area contributed by atoms with E-state index in [-0.39, 0.29) is 25.8 Å². The zero-order valence-electron chi connectivity index (χ0n) is 20.0. The van der Waals surface area contributed by atoms with E-state index < -0.39 is 60.2 Å². The van der Waals surface area contributed by atoms with Crippen LogP contribution in [0.2, 0.25) is 0 Å². The van der Waals surface area contributed by atoms with Gasteiger partial charge in [-0.1, -0.05) is 30.3 Å². The SMILES string of the molecule is NC(Cc1ccccc1)C(=O)NC(CC(=O)O)C(=O)N1CCCC1C(=O)NC(Cc1cnc[nH]1)C(=O)O. The van der Waals surface area contributed by atoms with Crippen molar-refractivity contribution < 1.29 is 34.2 Å². The molecule has 1 aromatic heterocycles. The number of benzene rings is 1. The number of nitrogens with zero attached hydrogens (tertiary/aromatic N) is 2. The molecule has 0 aliphatic carbocycles. The first-order valence-corrected chi connectivity index (χ1v) is 11.8. The Balaban J connectivity index is 1.67. The van der Waals surface area contributed by atoms with Crippen LogP contribution in [0.1, 0.15) is 30.5 Å². The Morgan fingerprint density at radius 1 is 1.08 bits per heavy atom. The van der Waals surface area contributed by atoms with E-state index in [2.05, 4.69) is 20.6 Å². The maximum absolute atomic E-state index is 13.3. The van der Waals surface area contributed by atoms with Gasteiger partial charge in [0.25, 0.3) is 0 Å². The van der Waals surface area contributed by atoms with Gasteiger partial charge in [-0.05, 0) is 24.8 Å². The van der Waals surface area contributed by atoms with Crippen molar-refractivity contribution in [3.05, 3.63) is 54.1 Å². The number of amides is 3. The number of imidazole rings is 1. The van der Waals surface area contributed by atoms with Crippen molar-refractivity contribution in [3.63, 3.8) is 0 Å². The summed E-state index contributed by atoms with van der Waals surface area (Å²) >= 11 is 0. The van der Waals surface area contributed by atoms with Crippen LogP contribution in [0.5, 0.6) is 0 Å². The Bertz CT molecular complexity index is 1110. The summed E-state index contributed by atoms with van der Waals surface area (Å²) < 4.78 is 0. The third-order valence-electron chi connectivity index (χ3n) is 6.06. The predicted octanol–water partition coefficient (Wildman–Crippen LogP) is -0.958. The molecule has 3 rings (SSSR count). The van der Waals surface area contributed by atoms with Gasteiger partial charge in [-0.25, -0.2) is 9.78 Å². The number of hydrogen-bond acceptors (Lipinski definition) is 7. The van der Waals surface area contributed by atoms with E-state index >= 15 is 0 Å². The number of carbonyl (C=O) groups is 5. The maximum atomic E-state index is 13.3. The summed E-state index contributed by atoms with van der Waals surface area (Å²) in [5.41, 5.74) is 7.28. The molecule has 0 bridgehead atoms. The van der Waals surface area contributed by atoms with Crippen molar-refractivity contribution in [2.75, 3.05) is 6.54 Å². The Morgan fingerprint density at radius 2 is 1.81 bits per heavy atom. The maximum Gasteiger partial charge on any atom is 0.326 e. The molecule has 1 aromatic carbocycles. The molecule has 0 saturated carbocycles. The molecule has 4 atom stereocenters. The molecule has 13 heteroatoms. The molecule has 13 nitrogen and oxygen atoms in total. The molecule has 1 fully saturated rings. The van der Waals surface area contributed by atoms with Crippen molar-refractivity contribution in [1.82, 2.24) is 25.5 Å². The minimum atomic E-state index is -1.44. The van der Waals surface area contributed by atoms with E-state index in [1.54, 1.807) is 24.3 Å². The van der Waals surface area contributed by atoms with E-state index in [4.69, 9.17) is 5.73 Å². The second-order valence-corrected chi connectivity index (χ2v) is 8.83. The predicted molar refractivity (Wildman–Crippen MR) is 129 cm³/mol. The molecule has 37 heavy (non-hydrogen) atoms. The van der Waals surface area contributed by atoms with Crippen LogP contribution in [-0.2, 0) is 36.8 Å². The lowest BCUT2D eigenvalue weighted by molar-refractivity contribution is -0.147. The van der Waals surface area contributed by atoms with Crippen molar-refractivity contribution >= 4 is 29.7 Å². The summed E-state index contributed by atoms with van der Waals surface area (Å²) in [6, 6.07) is 4.23. The summed E-state index contributed by atoms with van der Waals surface area (Å²) in [7, 11) is 0. The van der Waals surface area contributed by atoms with Gasteiger partial charge in [0.05, 0.1) is 18.8 Å². The molecule has 1 aliphatic heterocycles. The number of aromatic nitrogens is 2. The number of carboxylic acids is 2. The van der Waals surface area contributed by atoms with E-state index in [1.807, 2.05) is 6.07 Å². The van der Waals surface area contributed by atoms with Gasteiger partial charge >= 0.3 is 11.9 Å². The van der Waals surface area contributed by atoms with Gasteiger partial charge in [-0.15, -0.1) is 0 Å². The van der Waals surface area contributed by atoms with Crippen LogP contribution in [0.25, 0.3) is 0 Å². The molecule has 2 aromatic rings. The summed E-state index contributed by atoms with van der Waals surface area (Å²) in [4.78, 5) is 69.9. The molecule has 4 unspecified atom stereocenters. The topological polar surface area (TPSA) is 208 Å². The normalized spacial score (nSPS) is 17.4. The fourth-order valence-electron chi connectivity index (χ4n) is 4.20. The molecule has 3 amide bonds. The highest BCUT2D eigenvalue weighted by Crippen LogP contribution is 2.20. The molecule has 0 radical (unpaired) electrons. The lowest BCUT2D eigenvalue weighted by Crippen LogP contribution is -2.57. The number of likely N-dealkylation sites (tertiary alicyclic amines) is 1. The van der Waals surface area contributed by atoms with Crippen LogP contribution < -0.4 is 16.4 Å². The van der Waals surface area contributed by atoms with Gasteiger partial charge in [-0.2, -0.15) is 0 Å². The molecule has 7 N–H and O–H groups in total. The molecule has 0 spiro atoms. The average Bonchev–Trinajstić information content (AvgIpc) is 3.55. The number of nitrogens with one attached hydrogen (secondary N) is 3. The van der Waals surface area contributed by atoms with Crippen LogP contribution in [0.3, 0.4) is 0 Å². The lowest BCUT2D eigenvalue weighted by atomic mass is 10.0. The number of H-pyrrole nitrogens is 1. The van der Waals surface area contributed by atoms with Gasteiger partial charge in [0.1, 0.15) is 18.1 Å². The number of aliphatic carboxylic acids is 2. The lowest BCUT2D eigenvalue weighted by Gasteiger charge is -2.29. The zero-order valence-corrected chi connectivity index (χ0v) is 20.0. The Hall–Kier alpha value is -4.26. The number of aromatic amines is 1. The third kappa shape index (κ3) is 7.61. The zero-order chi connectivity index (χ0) is 26.9. The van der Waals surface area contributed by atoms with Crippen molar-refractivity contribution in [3.8, 4) is 0 Å². The van der Waals surface area contributed by atoms with Crippen LogP contribution in [0.15, 0.2) is 42.9 Å². The van der Waals surface area contributed by atoms with Gasteiger partial charge in [0.15, 0.2) is 0 Å². The van der Waals surface area contributed by atoms with Crippen LogP contribution in [0, 0.1) is 0 Å². The smallest absolute Gasteiger partial charge is 0.326 e. The average molecular weight is 515 g/mol. The number of hydrogen-bond donors (Lipinski definition) is 6. The fourth-order valence-corrected chi connectivity index (χ4v) is 4.20. The molecule has 1 saturated heterocycles. The van der Waals surface area contributed by atoms with E-state index in [1.165, 1.54) is 17.4 Å². The Morgan fingerprint density at radius 3 is 2.43 bits per heavy atom. The van der Waals surface area contributed by atoms with Gasteiger partial charge in [-0.3, -0.25) is 19.2 Å². The monoisotopic (exact) mass is 514 g/mol. The molecule has 2 heterocycles. The first-order chi connectivity index (χ1) is 17.7. The summed E-state index contributed by atoms with van der Waals surface area (Å²) in [5.74, 6) is -4.71. The van der Waals surface area contributed by atoms with Crippen molar-refractivity contribution in [1.29, 1.82) is 0 Å². The highest BCUT2D eigenvalue weighted by atomic mass is 16.4. The molecule has 1 aliphatic rings. The first kappa shape index (κ1) is 27.3. The summed E-state index contributed by atoms with van der Waals surface area (Å²) in [6.45, 7) is 0.150. The van der Waals surface area contributed by atoms with Crippen LogP contribution in [-0.4, -0.2) is 85.5 Å². The Labute approximate surface area is 212 Å². The van der Waals surface area contributed by atoms with E-state index in [9.17, 15) is 34.2 Å². The first-order valence-electron chi connectivity index (χ1n) is 11.8. The molecular formula is C24H30N6O7. The summed E-state index contributed by atoms with van der Waals surface area (Å²) in [5, 5.41) is 23.7. The van der Waals surface area contributed by atoms with Gasteiger partial charge < -0.3 is 36.5 Å². The van der Waals surface area contributed by atoms with E-state index in [0.717, 1.165) is 5.56 Å². The number of carbonyl (C=O) groups excluding carboxylic acids is 3. The second kappa shape index (κ2) is 12.6. The van der Waals surface area contributed by atoms with Crippen molar-refractivity contribution in [2.24, 2.45) is 5.73 Å². The highest BCUT2D eigenvalue weighted by Gasteiger charge is 2.39. The highest BCUT2D eigenvalue weighted by molar-refractivity contribution is 5.96. The van der Waals surface area contributed by atoms with Crippen LogP contribution >= 0.6 is 0 Å². The minimum absolute atomic E-state index is 0.0429. The molecule has 198 valence electrons. The summed E-state index contributed by atoms with van der Waals surface area (Å²) in [6.07, 6.45) is 2.97. The van der Waals surface area contributed by atoms with E-state index in [0.29, 0.717) is 12.1 Å². The number of rotatable bonds is 12. The quantitative estimate of drug-likeness (QED) is 0.206. The number of carboxylic acid groups (broad SMARTS) is 2. The van der Waals surface area contributed by atoms with Crippen molar-refractivity contribution in [2.45, 2.75) is 56.3 Å². The Kier molecular flexibility index (Phi) is 9.33. The second-order valence-electron chi connectivity index (χ2n) is 8.83. The van der Waals surface area contributed by atoms with Gasteiger partial charge in [0.2, 0.25) is 17.7 Å². The van der Waals surface area contributed by atoms with Crippen LogP contribution in [0.4, 0.5) is 0 Å².